The third-order valence-corrected chi connectivity index (χ3v) is 2.16. The van der Waals surface area contributed by atoms with Crippen molar-refractivity contribution in [1.29, 1.82) is 0 Å². The molecule has 0 heterocycles. The molecule has 1 aromatic rings. The zero-order valence-electron chi connectivity index (χ0n) is 7.96. The summed E-state index contributed by atoms with van der Waals surface area (Å²) < 4.78 is 0. The van der Waals surface area contributed by atoms with Gasteiger partial charge in [-0.15, -0.1) is 0 Å². The molecule has 0 atom stereocenters. The SMILES string of the molecule is C=C/C(C=O)=c1/cccc/c1=C(/C)Cl. The molecule has 0 aromatic heterocycles. The van der Waals surface area contributed by atoms with Gasteiger partial charge >= 0.3 is 0 Å². The molecule has 72 valence electrons. The molecule has 0 aliphatic rings. The van der Waals surface area contributed by atoms with E-state index in [0.29, 0.717) is 10.6 Å². The van der Waals surface area contributed by atoms with Crippen LogP contribution in [0.25, 0.3) is 10.6 Å². The molecule has 1 nitrogen and oxygen atoms in total. The largest absolute Gasteiger partial charge is 0.298 e. The number of carbonyl (C=O) groups is 1. The highest BCUT2D eigenvalue weighted by molar-refractivity contribution is 6.44. The lowest BCUT2D eigenvalue weighted by Gasteiger charge is -1.94. The normalized spacial score (nSPS) is 14.4. The van der Waals surface area contributed by atoms with Gasteiger partial charge in [-0.3, -0.25) is 4.79 Å². The van der Waals surface area contributed by atoms with Gasteiger partial charge in [-0.25, -0.2) is 0 Å². The van der Waals surface area contributed by atoms with Gasteiger partial charge in [0.25, 0.3) is 0 Å². The van der Waals surface area contributed by atoms with E-state index in [2.05, 4.69) is 6.58 Å². The van der Waals surface area contributed by atoms with Gasteiger partial charge in [0.1, 0.15) is 0 Å². The summed E-state index contributed by atoms with van der Waals surface area (Å²) in [7, 11) is 0. The van der Waals surface area contributed by atoms with E-state index in [1.54, 1.807) is 6.92 Å². The number of aldehydes is 1. The zero-order valence-corrected chi connectivity index (χ0v) is 8.71. The number of hydrogen-bond donors (Lipinski definition) is 0. The lowest BCUT2D eigenvalue weighted by atomic mass is 10.1. The summed E-state index contributed by atoms with van der Waals surface area (Å²) in [5.41, 5.74) is 0.556. The number of carbonyl (C=O) groups excluding carboxylic acids is 1. The Morgan fingerprint density at radius 1 is 1.36 bits per heavy atom. The summed E-state index contributed by atoms with van der Waals surface area (Å²) in [4.78, 5) is 10.8. The van der Waals surface area contributed by atoms with Gasteiger partial charge in [-0.05, 0) is 17.4 Å². The van der Waals surface area contributed by atoms with Crippen LogP contribution in [0.2, 0.25) is 0 Å². The Balaban J connectivity index is 3.83. The Bertz CT molecular complexity index is 457. The Labute approximate surface area is 88.0 Å². The van der Waals surface area contributed by atoms with Crippen molar-refractivity contribution in [3.63, 3.8) is 0 Å². The molecule has 0 spiro atoms. The van der Waals surface area contributed by atoms with E-state index >= 15 is 0 Å². The summed E-state index contributed by atoms with van der Waals surface area (Å²) in [6.07, 6.45) is 2.32. The molecule has 0 saturated heterocycles. The second-order valence-electron chi connectivity index (χ2n) is 2.86. The van der Waals surface area contributed by atoms with E-state index in [4.69, 9.17) is 11.6 Å². The van der Waals surface area contributed by atoms with Crippen molar-refractivity contribution in [3.8, 4) is 0 Å². The minimum Gasteiger partial charge on any atom is -0.298 e. The van der Waals surface area contributed by atoms with Crippen molar-refractivity contribution in [2.45, 2.75) is 6.92 Å². The first-order valence-electron chi connectivity index (χ1n) is 4.24. The lowest BCUT2D eigenvalue weighted by Crippen LogP contribution is -2.27. The third kappa shape index (κ3) is 2.12. The van der Waals surface area contributed by atoms with E-state index < -0.39 is 0 Å². The molecule has 1 rings (SSSR count). The third-order valence-electron chi connectivity index (χ3n) is 1.96. The second kappa shape index (κ2) is 4.77. The van der Waals surface area contributed by atoms with Crippen LogP contribution < -0.4 is 10.4 Å². The van der Waals surface area contributed by atoms with Crippen LogP contribution in [0.3, 0.4) is 0 Å². The molecule has 0 unspecified atom stereocenters. The van der Waals surface area contributed by atoms with Gasteiger partial charge in [-0.1, -0.05) is 48.5 Å². The Morgan fingerprint density at radius 3 is 2.36 bits per heavy atom. The molecular weight excluding hydrogens is 196 g/mol. The Hall–Kier alpha value is -1.34. The van der Waals surface area contributed by atoms with E-state index in [1.807, 2.05) is 24.3 Å². The molecule has 0 bridgehead atoms. The van der Waals surface area contributed by atoms with Gasteiger partial charge in [0.2, 0.25) is 0 Å². The maximum absolute atomic E-state index is 10.8. The van der Waals surface area contributed by atoms with Crippen LogP contribution in [-0.4, -0.2) is 6.29 Å². The van der Waals surface area contributed by atoms with Crippen LogP contribution in [0, 0.1) is 0 Å². The average Bonchev–Trinajstić information content (AvgIpc) is 2.20. The first kappa shape index (κ1) is 10.7. The van der Waals surface area contributed by atoms with Gasteiger partial charge in [0, 0.05) is 10.6 Å². The number of halogens is 1. The fraction of sp³-hybridized carbons (Fsp3) is 0.0833. The molecule has 0 amide bonds. The zero-order chi connectivity index (χ0) is 10.6. The number of hydrogen-bond acceptors (Lipinski definition) is 1. The van der Waals surface area contributed by atoms with E-state index in [-0.39, 0.29) is 0 Å². The number of allylic oxidation sites excluding steroid dienone is 1. The summed E-state index contributed by atoms with van der Waals surface area (Å²) in [5, 5.41) is 2.36. The summed E-state index contributed by atoms with van der Waals surface area (Å²) in [6, 6.07) is 7.49. The van der Waals surface area contributed by atoms with E-state index in [9.17, 15) is 4.79 Å². The van der Waals surface area contributed by atoms with E-state index in [0.717, 1.165) is 16.7 Å². The molecule has 0 N–H and O–H groups in total. The lowest BCUT2D eigenvalue weighted by molar-refractivity contribution is -0.103. The molecule has 0 aliphatic carbocycles. The van der Waals surface area contributed by atoms with Gasteiger partial charge < -0.3 is 0 Å². The highest BCUT2D eigenvalue weighted by Crippen LogP contribution is 1.95. The molecule has 14 heavy (non-hydrogen) atoms. The monoisotopic (exact) mass is 206 g/mol. The summed E-state index contributed by atoms with van der Waals surface area (Å²) in [6.45, 7) is 5.39. The van der Waals surface area contributed by atoms with Crippen molar-refractivity contribution in [2.24, 2.45) is 0 Å². The minimum atomic E-state index is 0.556. The van der Waals surface area contributed by atoms with Crippen LogP contribution in [0.1, 0.15) is 6.92 Å². The fourth-order valence-corrected chi connectivity index (χ4v) is 1.42. The first-order chi connectivity index (χ1) is 6.70. The van der Waals surface area contributed by atoms with Crippen LogP contribution in [-0.2, 0) is 4.79 Å². The highest BCUT2D eigenvalue weighted by atomic mass is 35.5. The molecule has 0 radical (unpaired) electrons. The first-order valence-corrected chi connectivity index (χ1v) is 4.62. The van der Waals surface area contributed by atoms with Crippen molar-refractivity contribution in [2.75, 3.05) is 0 Å². The van der Waals surface area contributed by atoms with E-state index in [1.165, 1.54) is 6.08 Å². The quantitative estimate of drug-likeness (QED) is 0.672. The van der Waals surface area contributed by atoms with Crippen molar-refractivity contribution in [3.05, 3.63) is 47.4 Å². The topological polar surface area (TPSA) is 17.1 Å². The van der Waals surface area contributed by atoms with Crippen molar-refractivity contribution < 1.29 is 4.79 Å². The van der Waals surface area contributed by atoms with Gasteiger partial charge in [0.05, 0.1) is 0 Å². The number of rotatable bonds is 2. The van der Waals surface area contributed by atoms with Gasteiger partial charge in [-0.2, -0.15) is 0 Å². The predicted octanol–water partition coefficient (Wildman–Crippen LogP) is 1.59. The Morgan fingerprint density at radius 2 is 1.93 bits per heavy atom. The van der Waals surface area contributed by atoms with Crippen LogP contribution in [0.15, 0.2) is 36.9 Å². The van der Waals surface area contributed by atoms with Crippen molar-refractivity contribution >= 4 is 28.5 Å². The molecular formula is C12H11ClO. The maximum Gasteiger partial charge on any atom is 0.150 e. The molecule has 1 aromatic carbocycles. The smallest absolute Gasteiger partial charge is 0.150 e. The Kier molecular flexibility index (Phi) is 3.66. The molecule has 0 fully saturated rings. The second-order valence-corrected chi connectivity index (χ2v) is 3.42. The molecule has 2 heteroatoms. The molecule has 0 saturated carbocycles. The standard InChI is InChI=1S/C12H11ClO/c1-3-10(8-14)12-7-5-4-6-11(12)9(2)13/h3-8H,1H2,2H3/b11-9+,12-10+. The summed E-state index contributed by atoms with van der Waals surface area (Å²) in [5.74, 6) is 0. The average molecular weight is 207 g/mol. The molecule has 0 aliphatic heterocycles. The van der Waals surface area contributed by atoms with Crippen LogP contribution in [0.4, 0.5) is 0 Å². The van der Waals surface area contributed by atoms with Gasteiger partial charge in [0.15, 0.2) is 6.29 Å². The highest BCUT2D eigenvalue weighted by Gasteiger charge is 1.94. The fourth-order valence-electron chi connectivity index (χ4n) is 1.26. The van der Waals surface area contributed by atoms with Crippen molar-refractivity contribution in [1.82, 2.24) is 0 Å². The number of benzene rings is 1. The van der Waals surface area contributed by atoms with Crippen LogP contribution >= 0.6 is 11.6 Å². The minimum absolute atomic E-state index is 0.556. The predicted molar refractivity (Wildman–Crippen MR) is 60.3 cm³/mol. The summed E-state index contributed by atoms with van der Waals surface area (Å²) >= 11 is 5.92. The van der Waals surface area contributed by atoms with Crippen LogP contribution in [0.5, 0.6) is 0 Å². The maximum atomic E-state index is 10.8.